The number of benzene rings is 2. The molecule has 2 aliphatic heterocycles. The van der Waals surface area contributed by atoms with Crippen LogP contribution in [-0.4, -0.2) is 31.4 Å². The van der Waals surface area contributed by atoms with Gasteiger partial charge in [0.15, 0.2) is 0 Å². The van der Waals surface area contributed by atoms with Crippen LogP contribution in [0.15, 0.2) is 48.5 Å². The van der Waals surface area contributed by atoms with E-state index in [-0.39, 0.29) is 24.3 Å². The minimum absolute atomic E-state index is 0.0391. The number of hydrogen-bond acceptors (Lipinski definition) is 4. The molecule has 0 bridgehead atoms. The maximum absolute atomic E-state index is 13.3. The average molecular weight is 466 g/mol. The Labute approximate surface area is 189 Å². The fourth-order valence-electron chi connectivity index (χ4n) is 4.46. The molecule has 2 aromatic carbocycles. The number of alkyl halides is 4. The zero-order valence-electron chi connectivity index (χ0n) is 18.2. The lowest BCUT2D eigenvalue weighted by atomic mass is 9.77. The Morgan fingerprint density at radius 2 is 1.91 bits per heavy atom. The van der Waals surface area contributed by atoms with Gasteiger partial charge in [-0.05, 0) is 48.6 Å². The van der Waals surface area contributed by atoms with Crippen LogP contribution < -0.4 is 10.6 Å². The third-order valence-electron chi connectivity index (χ3n) is 6.51. The summed E-state index contributed by atoms with van der Waals surface area (Å²) in [5.74, 6) is 0. The molecule has 2 aliphatic rings. The second-order valence-corrected chi connectivity index (χ2v) is 8.83. The van der Waals surface area contributed by atoms with E-state index < -0.39 is 41.7 Å². The first kappa shape index (κ1) is 23.5. The Kier molecular flexibility index (Phi) is 6.37. The highest BCUT2D eigenvalue weighted by Gasteiger charge is 2.48. The van der Waals surface area contributed by atoms with E-state index >= 15 is 0 Å². The molecule has 0 saturated carbocycles. The third-order valence-corrected chi connectivity index (χ3v) is 6.51. The Bertz CT molecular complexity index is 989. The number of ether oxygens (including phenoxy) is 2. The van der Waals surface area contributed by atoms with Crippen molar-refractivity contribution in [3.05, 3.63) is 70.8 Å². The number of carbonyl (C=O) groups is 1. The number of amides is 1. The van der Waals surface area contributed by atoms with Crippen molar-refractivity contribution in [2.24, 2.45) is 0 Å². The van der Waals surface area contributed by atoms with Gasteiger partial charge in [-0.2, -0.15) is 13.2 Å². The number of cyclic esters (lactones) is 1. The zero-order chi connectivity index (χ0) is 23.7. The normalized spacial score (nSPS) is 26.2. The molecule has 0 radical (unpaired) electrons. The summed E-state index contributed by atoms with van der Waals surface area (Å²) in [7, 11) is 0. The summed E-state index contributed by atoms with van der Waals surface area (Å²) >= 11 is 0. The third kappa shape index (κ3) is 4.99. The van der Waals surface area contributed by atoms with Gasteiger partial charge in [-0.25, -0.2) is 9.18 Å². The maximum Gasteiger partial charge on any atom is 0.416 e. The van der Waals surface area contributed by atoms with Crippen molar-refractivity contribution in [1.29, 1.82) is 0 Å². The predicted molar refractivity (Wildman–Crippen MR) is 113 cm³/mol. The van der Waals surface area contributed by atoms with Gasteiger partial charge in [0.1, 0.15) is 13.3 Å². The van der Waals surface area contributed by atoms with E-state index in [1.54, 1.807) is 6.92 Å². The van der Waals surface area contributed by atoms with Crippen molar-refractivity contribution in [1.82, 2.24) is 10.6 Å². The van der Waals surface area contributed by atoms with Gasteiger partial charge in [-0.3, -0.25) is 0 Å². The number of alkyl carbamates (subject to hydrolysis) is 1. The molecular weight excluding hydrogens is 440 g/mol. The van der Waals surface area contributed by atoms with Crippen molar-refractivity contribution in [2.45, 2.75) is 49.8 Å². The second-order valence-electron chi connectivity index (χ2n) is 8.83. The summed E-state index contributed by atoms with van der Waals surface area (Å²) in [5, 5.41) is 6.38. The molecule has 1 spiro atoms. The van der Waals surface area contributed by atoms with E-state index in [9.17, 15) is 22.4 Å². The number of carbonyl (C=O) groups excluding carboxylic acids is 1. The topological polar surface area (TPSA) is 59.6 Å². The summed E-state index contributed by atoms with van der Waals surface area (Å²) in [5.41, 5.74) is -0.773. The van der Waals surface area contributed by atoms with Crippen LogP contribution in [0.1, 0.15) is 48.1 Å². The van der Waals surface area contributed by atoms with E-state index in [1.807, 2.05) is 30.3 Å². The van der Waals surface area contributed by atoms with E-state index in [2.05, 4.69) is 10.6 Å². The lowest BCUT2D eigenvalue weighted by Crippen LogP contribution is -2.62. The minimum Gasteiger partial charge on any atom is -0.447 e. The molecule has 3 atom stereocenters. The SMILES string of the molecule is CC(OC[C@@]1(c2ccccc2)CC[C@]2(CN1)COC(=O)N2)c1cc(CF)cc(C(F)(F)F)c1. The van der Waals surface area contributed by atoms with Crippen LogP contribution in [0.4, 0.5) is 22.4 Å². The highest BCUT2D eigenvalue weighted by molar-refractivity contribution is 5.70. The highest BCUT2D eigenvalue weighted by Crippen LogP contribution is 2.38. The molecule has 1 amide bonds. The van der Waals surface area contributed by atoms with Crippen molar-refractivity contribution in [3.8, 4) is 0 Å². The fraction of sp³-hybridized carbons (Fsp3) is 0.458. The van der Waals surface area contributed by atoms with Crippen molar-refractivity contribution in [3.63, 3.8) is 0 Å². The largest absolute Gasteiger partial charge is 0.447 e. The quantitative estimate of drug-likeness (QED) is 0.588. The highest BCUT2D eigenvalue weighted by atomic mass is 19.4. The summed E-state index contributed by atoms with van der Waals surface area (Å²) in [6.07, 6.45) is -4.44. The van der Waals surface area contributed by atoms with Gasteiger partial charge in [0, 0.05) is 6.54 Å². The van der Waals surface area contributed by atoms with Crippen molar-refractivity contribution >= 4 is 6.09 Å². The molecule has 0 aromatic heterocycles. The van der Waals surface area contributed by atoms with Gasteiger partial charge < -0.3 is 20.1 Å². The number of piperidine rings is 1. The van der Waals surface area contributed by atoms with E-state index in [4.69, 9.17) is 9.47 Å². The van der Waals surface area contributed by atoms with Gasteiger partial charge >= 0.3 is 12.3 Å². The smallest absolute Gasteiger partial charge is 0.416 e. The van der Waals surface area contributed by atoms with Gasteiger partial charge in [-0.1, -0.05) is 36.4 Å². The Morgan fingerprint density at radius 3 is 2.48 bits per heavy atom. The van der Waals surface area contributed by atoms with Crippen LogP contribution in [0.2, 0.25) is 0 Å². The molecule has 1 unspecified atom stereocenters. The predicted octanol–water partition coefficient (Wildman–Crippen LogP) is 5.01. The van der Waals surface area contributed by atoms with Crippen LogP contribution in [-0.2, 0) is 27.9 Å². The second kappa shape index (κ2) is 8.95. The Morgan fingerprint density at radius 1 is 1.15 bits per heavy atom. The molecule has 0 aliphatic carbocycles. The van der Waals surface area contributed by atoms with Gasteiger partial charge in [0.25, 0.3) is 0 Å². The molecule has 2 fully saturated rings. The first-order chi connectivity index (χ1) is 15.6. The molecule has 4 rings (SSSR count). The monoisotopic (exact) mass is 466 g/mol. The van der Waals surface area contributed by atoms with Crippen LogP contribution in [0.5, 0.6) is 0 Å². The fourth-order valence-corrected chi connectivity index (χ4v) is 4.46. The molecular formula is C24H26F4N2O3. The van der Waals surface area contributed by atoms with Crippen molar-refractivity contribution < 1.29 is 31.8 Å². The minimum atomic E-state index is -4.57. The van der Waals surface area contributed by atoms with Gasteiger partial charge in [0.05, 0.1) is 29.4 Å². The average Bonchev–Trinajstić information content (AvgIpc) is 3.18. The van der Waals surface area contributed by atoms with Gasteiger partial charge in [0.2, 0.25) is 0 Å². The lowest BCUT2D eigenvalue weighted by Gasteiger charge is -2.45. The molecule has 2 N–H and O–H groups in total. The van der Waals surface area contributed by atoms with Gasteiger partial charge in [-0.15, -0.1) is 0 Å². The van der Waals surface area contributed by atoms with E-state index in [1.165, 1.54) is 6.07 Å². The number of hydrogen-bond donors (Lipinski definition) is 2. The molecule has 9 heteroatoms. The van der Waals surface area contributed by atoms with E-state index in [0.717, 1.165) is 17.7 Å². The van der Waals surface area contributed by atoms with Crippen LogP contribution in [0.3, 0.4) is 0 Å². The van der Waals surface area contributed by atoms with Crippen LogP contribution >= 0.6 is 0 Å². The number of rotatable bonds is 6. The number of halogens is 4. The molecule has 5 nitrogen and oxygen atoms in total. The van der Waals surface area contributed by atoms with Crippen LogP contribution in [0, 0.1) is 0 Å². The standard InChI is InChI=1S/C24H26F4N2O3/c1-16(18-9-17(12-25)10-20(11-18)24(26,27)28)32-15-23(19-5-3-2-4-6-19)8-7-22(13-29-23)14-33-21(31)30-22/h2-6,9-11,16,29H,7-8,12-15H2,1H3,(H,30,31)/t16?,22-,23+/m0/s1. The Balaban J connectivity index is 1.54. The number of nitrogens with one attached hydrogen (secondary N) is 2. The zero-order valence-corrected chi connectivity index (χ0v) is 18.2. The summed E-state index contributed by atoms with van der Waals surface area (Å²) < 4.78 is 64.2. The molecule has 178 valence electrons. The first-order valence-electron chi connectivity index (χ1n) is 10.8. The lowest BCUT2D eigenvalue weighted by molar-refractivity contribution is -0.137. The summed E-state index contributed by atoms with van der Waals surface area (Å²) in [6.45, 7) is 1.59. The maximum atomic E-state index is 13.3. The Hall–Kier alpha value is -2.65. The molecule has 33 heavy (non-hydrogen) atoms. The molecule has 2 saturated heterocycles. The summed E-state index contributed by atoms with van der Waals surface area (Å²) in [6, 6.07) is 12.9. The molecule has 2 heterocycles. The van der Waals surface area contributed by atoms with E-state index in [0.29, 0.717) is 19.4 Å². The van der Waals surface area contributed by atoms with Crippen molar-refractivity contribution in [2.75, 3.05) is 19.8 Å². The first-order valence-corrected chi connectivity index (χ1v) is 10.8. The summed E-state index contributed by atoms with van der Waals surface area (Å²) in [4.78, 5) is 11.6. The van der Waals surface area contributed by atoms with Crippen LogP contribution in [0.25, 0.3) is 0 Å². The molecule has 2 aromatic rings.